The van der Waals surface area contributed by atoms with Crippen LogP contribution in [0.15, 0.2) is 60.7 Å². The molecular weight excluding hydrogens is 530 g/mol. The number of ether oxygens (including phenoxy) is 2. The predicted octanol–water partition coefficient (Wildman–Crippen LogP) is 8.92. The Hall–Kier alpha value is -3.37. The van der Waals surface area contributed by atoms with Crippen molar-refractivity contribution >= 4 is 17.1 Å². The van der Waals surface area contributed by atoms with E-state index in [0.717, 1.165) is 50.9 Å². The first-order chi connectivity index (χ1) is 20.6. The van der Waals surface area contributed by atoms with Gasteiger partial charge in [-0.25, -0.2) is 4.79 Å². The van der Waals surface area contributed by atoms with Crippen molar-refractivity contribution < 1.29 is 14.3 Å². The van der Waals surface area contributed by atoms with Crippen LogP contribution in [-0.2, 0) is 17.6 Å². The number of likely N-dealkylation sites (tertiary alicyclic amines) is 1. The minimum atomic E-state index is -0.287. The Labute approximate surface area is 259 Å². The number of hydrogen-bond acceptors (Lipinski definition) is 4. The molecule has 0 aromatic heterocycles. The van der Waals surface area contributed by atoms with Gasteiger partial charge in [0.15, 0.2) is 0 Å². The number of methoxy groups -OCH3 is 1. The van der Waals surface area contributed by atoms with Gasteiger partial charge < -0.3 is 9.47 Å². The molecule has 0 amide bonds. The van der Waals surface area contributed by atoms with Crippen LogP contribution in [0, 0.1) is 12.3 Å². The standard InChI is InChI=1S/C39H49NO3/c1-7-8-21-40-22-20-34(26-40)43-33-17-14-28(15-18-33)37-35(30-13-12-27(2)32(24-30)25-39(3,4)5)11-9-10-29-23-31(38(41)42-6)16-19-36(29)37/h12-19,23-24,34H,7-11,20-22,25-26H2,1-6H3. The first-order valence-corrected chi connectivity index (χ1v) is 16.2. The maximum atomic E-state index is 12.4. The van der Waals surface area contributed by atoms with Crippen LogP contribution < -0.4 is 4.74 Å². The van der Waals surface area contributed by atoms with Gasteiger partial charge in [0.1, 0.15) is 11.9 Å². The van der Waals surface area contributed by atoms with Gasteiger partial charge in [0.25, 0.3) is 0 Å². The number of benzene rings is 3. The van der Waals surface area contributed by atoms with E-state index in [1.54, 1.807) is 0 Å². The van der Waals surface area contributed by atoms with Gasteiger partial charge in [-0.15, -0.1) is 0 Å². The maximum absolute atomic E-state index is 12.4. The topological polar surface area (TPSA) is 38.8 Å². The molecule has 228 valence electrons. The second-order valence-corrected chi connectivity index (χ2v) is 13.7. The minimum absolute atomic E-state index is 0.211. The van der Waals surface area contributed by atoms with Crippen molar-refractivity contribution in [3.63, 3.8) is 0 Å². The van der Waals surface area contributed by atoms with Gasteiger partial charge in [-0.1, -0.05) is 70.5 Å². The van der Waals surface area contributed by atoms with Crippen LogP contribution in [0.3, 0.4) is 0 Å². The van der Waals surface area contributed by atoms with E-state index in [4.69, 9.17) is 9.47 Å². The van der Waals surface area contributed by atoms with Crippen molar-refractivity contribution in [1.82, 2.24) is 4.90 Å². The molecule has 2 aliphatic rings. The Balaban J connectivity index is 1.54. The van der Waals surface area contributed by atoms with Gasteiger partial charge in [0.2, 0.25) is 0 Å². The van der Waals surface area contributed by atoms with Crippen LogP contribution in [0.1, 0.15) is 104 Å². The van der Waals surface area contributed by atoms with Crippen LogP contribution in [0.4, 0.5) is 0 Å². The van der Waals surface area contributed by atoms with E-state index in [1.165, 1.54) is 71.0 Å². The van der Waals surface area contributed by atoms with Crippen LogP contribution >= 0.6 is 0 Å². The summed E-state index contributed by atoms with van der Waals surface area (Å²) in [5.41, 5.74) is 11.1. The van der Waals surface area contributed by atoms with Gasteiger partial charge in [0, 0.05) is 13.1 Å². The smallest absolute Gasteiger partial charge is 0.337 e. The third-order valence-electron chi connectivity index (χ3n) is 8.89. The average molecular weight is 580 g/mol. The molecule has 0 spiro atoms. The molecule has 4 nitrogen and oxygen atoms in total. The highest BCUT2D eigenvalue weighted by atomic mass is 16.5. The molecule has 0 N–H and O–H groups in total. The summed E-state index contributed by atoms with van der Waals surface area (Å²) in [7, 11) is 1.45. The fourth-order valence-corrected chi connectivity index (χ4v) is 6.64. The van der Waals surface area contributed by atoms with Gasteiger partial charge in [-0.3, -0.25) is 4.90 Å². The van der Waals surface area contributed by atoms with Crippen molar-refractivity contribution in [3.8, 4) is 5.75 Å². The number of rotatable bonds is 9. The lowest BCUT2D eigenvalue weighted by atomic mass is 9.83. The number of fused-ring (bicyclic) bond motifs is 1. The predicted molar refractivity (Wildman–Crippen MR) is 178 cm³/mol. The Morgan fingerprint density at radius 3 is 2.47 bits per heavy atom. The van der Waals surface area contributed by atoms with Gasteiger partial charge in [-0.05, 0) is 126 Å². The molecular formula is C39H49NO3. The number of carbonyl (C=O) groups excluding carboxylic acids is 1. The summed E-state index contributed by atoms with van der Waals surface area (Å²) < 4.78 is 11.5. The number of carbonyl (C=O) groups is 1. The molecule has 43 heavy (non-hydrogen) atoms. The van der Waals surface area contributed by atoms with Crippen molar-refractivity contribution in [2.75, 3.05) is 26.7 Å². The zero-order chi connectivity index (χ0) is 30.6. The van der Waals surface area contributed by atoms with Crippen molar-refractivity contribution in [3.05, 3.63) is 99.6 Å². The second kappa shape index (κ2) is 13.5. The third kappa shape index (κ3) is 7.59. The molecule has 1 aliphatic heterocycles. The lowest BCUT2D eigenvalue weighted by Gasteiger charge is -2.22. The highest BCUT2D eigenvalue weighted by Gasteiger charge is 2.25. The van der Waals surface area contributed by atoms with Crippen LogP contribution in [0.5, 0.6) is 5.75 Å². The molecule has 0 saturated carbocycles. The molecule has 3 aromatic carbocycles. The molecule has 1 unspecified atom stereocenters. The highest BCUT2D eigenvalue weighted by molar-refractivity contribution is 6.01. The lowest BCUT2D eigenvalue weighted by molar-refractivity contribution is 0.0600. The number of allylic oxidation sites excluding steroid dienone is 1. The Morgan fingerprint density at radius 1 is 0.977 bits per heavy atom. The second-order valence-electron chi connectivity index (χ2n) is 13.7. The zero-order valence-corrected chi connectivity index (χ0v) is 27.1. The molecule has 1 fully saturated rings. The summed E-state index contributed by atoms with van der Waals surface area (Å²) in [6.45, 7) is 14.7. The van der Waals surface area contributed by atoms with E-state index in [2.05, 4.69) is 88.0 Å². The number of esters is 1. The molecule has 3 aromatic rings. The monoisotopic (exact) mass is 579 g/mol. The fraction of sp³-hybridized carbons (Fsp3) is 0.462. The molecule has 4 heteroatoms. The summed E-state index contributed by atoms with van der Waals surface area (Å²) in [5, 5.41) is 0. The SMILES string of the molecule is CCCCN1CCC(Oc2ccc(C3=C(c4ccc(C)c(CC(C)(C)C)c4)CCCc4cc(C(=O)OC)ccc43)cc2)C1. The first kappa shape index (κ1) is 31.1. The minimum Gasteiger partial charge on any atom is -0.489 e. The highest BCUT2D eigenvalue weighted by Crippen LogP contribution is 2.41. The largest absolute Gasteiger partial charge is 0.489 e. The summed E-state index contributed by atoms with van der Waals surface area (Å²) in [5.74, 6) is 0.649. The zero-order valence-electron chi connectivity index (χ0n) is 27.1. The van der Waals surface area contributed by atoms with Crippen LogP contribution in [0.2, 0.25) is 0 Å². The number of nitrogens with zero attached hydrogens (tertiary/aromatic N) is 1. The Kier molecular flexibility index (Phi) is 9.76. The number of unbranched alkanes of at least 4 members (excludes halogenated alkanes) is 1. The molecule has 1 heterocycles. The van der Waals surface area contributed by atoms with E-state index in [9.17, 15) is 4.79 Å². The van der Waals surface area contributed by atoms with Crippen LogP contribution in [-0.4, -0.2) is 43.7 Å². The Bertz CT molecular complexity index is 1460. The molecule has 1 aliphatic carbocycles. The lowest BCUT2D eigenvalue weighted by Crippen LogP contribution is -2.25. The van der Waals surface area contributed by atoms with Crippen molar-refractivity contribution in [1.29, 1.82) is 0 Å². The maximum Gasteiger partial charge on any atom is 0.337 e. The van der Waals surface area contributed by atoms with E-state index >= 15 is 0 Å². The number of hydrogen-bond donors (Lipinski definition) is 0. The van der Waals surface area contributed by atoms with E-state index in [1.807, 2.05) is 12.1 Å². The molecule has 5 rings (SSSR count). The molecule has 0 bridgehead atoms. The molecule has 0 radical (unpaired) electrons. The van der Waals surface area contributed by atoms with Gasteiger partial charge in [-0.2, -0.15) is 0 Å². The summed E-state index contributed by atoms with van der Waals surface area (Å²) >= 11 is 0. The number of aryl methyl sites for hydroxylation is 2. The van der Waals surface area contributed by atoms with Gasteiger partial charge >= 0.3 is 5.97 Å². The summed E-state index contributed by atoms with van der Waals surface area (Å²) in [6, 6.07) is 21.8. The normalized spacial score (nSPS) is 17.5. The molecule has 1 atom stereocenters. The van der Waals surface area contributed by atoms with E-state index in [-0.39, 0.29) is 17.5 Å². The summed E-state index contributed by atoms with van der Waals surface area (Å²) in [6.07, 6.45) is 7.78. The van der Waals surface area contributed by atoms with Crippen LogP contribution in [0.25, 0.3) is 11.1 Å². The third-order valence-corrected chi connectivity index (χ3v) is 8.89. The average Bonchev–Trinajstić information content (AvgIpc) is 3.34. The van der Waals surface area contributed by atoms with Crippen molar-refractivity contribution in [2.45, 2.75) is 85.7 Å². The quantitative estimate of drug-likeness (QED) is 0.237. The van der Waals surface area contributed by atoms with Gasteiger partial charge in [0.05, 0.1) is 12.7 Å². The van der Waals surface area contributed by atoms with Crippen molar-refractivity contribution in [2.24, 2.45) is 5.41 Å². The van der Waals surface area contributed by atoms with E-state index in [0.29, 0.717) is 5.56 Å². The Morgan fingerprint density at radius 2 is 1.74 bits per heavy atom. The fourth-order valence-electron chi connectivity index (χ4n) is 6.64. The molecule has 1 saturated heterocycles. The van der Waals surface area contributed by atoms with E-state index < -0.39 is 0 Å². The summed E-state index contributed by atoms with van der Waals surface area (Å²) in [4.78, 5) is 14.9. The first-order valence-electron chi connectivity index (χ1n) is 16.2.